The number of anilines is 1. The van der Waals surface area contributed by atoms with Gasteiger partial charge in [-0.05, 0) is 55.3 Å². The number of hydrogen-bond acceptors (Lipinski definition) is 5. The highest BCUT2D eigenvalue weighted by Gasteiger charge is 2.09. The van der Waals surface area contributed by atoms with Gasteiger partial charge in [-0.2, -0.15) is 0 Å². The van der Waals surface area contributed by atoms with Gasteiger partial charge in [-0.25, -0.2) is 4.98 Å². The van der Waals surface area contributed by atoms with Crippen molar-refractivity contribution in [3.63, 3.8) is 0 Å². The second-order valence-electron chi connectivity index (χ2n) is 5.86. The summed E-state index contributed by atoms with van der Waals surface area (Å²) in [4.78, 5) is 27.1. The Kier molecular flexibility index (Phi) is 5.43. The molecule has 1 heterocycles. The first-order chi connectivity index (χ1) is 12.5. The lowest BCUT2D eigenvalue weighted by molar-refractivity contribution is -0.118. The fraction of sp³-hybridized carbons (Fsp3) is 0.150. The van der Waals surface area contributed by atoms with Crippen molar-refractivity contribution in [2.45, 2.75) is 13.8 Å². The molecule has 0 bridgehead atoms. The predicted molar refractivity (Wildman–Crippen MR) is 103 cm³/mol. The summed E-state index contributed by atoms with van der Waals surface area (Å²) < 4.78 is 5.41. The SMILES string of the molecule is Cc1ccc(-c2csc(NC(=O)COc3ccc(C=O)cc3)n2)cc1C. The summed E-state index contributed by atoms with van der Waals surface area (Å²) >= 11 is 1.37. The van der Waals surface area contributed by atoms with E-state index in [1.54, 1.807) is 24.3 Å². The smallest absolute Gasteiger partial charge is 0.264 e. The van der Waals surface area contributed by atoms with Gasteiger partial charge in [-0.15, -0.1) is 11.3 Å². The standard InChI is InChI=1S/C20H18N2O3S/c1-13-3-6-16(9-14(13)2)18-12-26-20(21-18)22-19(24)11-25-17-7-4-15(10-23)5-8-17/h3-10,12H,11H2,1-2H3,(H,21,22,24). The molecular formula is C20H18N2O3S. The van der Waals surface area contributed by atoms with Crippen LogP contribution in [0.5, 0.6) is 5.75 Å². The minimum atomic E-state index is -0.287. The van der Waals surface area contributed by atoms with E-state index < -0.39 is 0 Å². The number of nitrogens with one attached hydrogen (secondary N) is 1. The minimum Gasteiger partial charge on any atom is -0.484 e. The van der Waals surface area contributed by atoms with Crippen molar-refractivity contribution in [3.8, 4) is 17.0 Å². The van der Waals surface area contributed by atoms with Crippen LogP contribution in [0.1, 0.15) is 21.5 Å². The van der Waals surface area contributed by atoms with Crippen molar-refractivity contribution in [2.24, 2.45) is 0 Å². The molecule has 0 radical (unpaired) electrons. The number of carbonyl (C=O) groups excluding carboxylic acids is 2. The van der Waals surface area contributed by atoms with E-state index >= 15 is 0 Å². The third kappa shape index (κ3) is 4.34. The number of nitrogens with zero attached hydrogens (tertiary/aromatic N) is 1. The number of amides is 1. The lowest BCUT2D eigenvalue weighted by Gasteiger charge is -2.06. The molecule has 0 atom stereocenters. The zero-order valence-corrected chi connectivity index (χ0v) is 15.3. The molecule has 0 saturated carbocycles. The number of rotatable bonds is 6. The van der Waals surface area contributed by atoms with E-state index in [1.165, 1.54) is 22.5 Å². The average molecular weight is 366 g/mol. The molecule has 0 fully saturated rings. The molecule has 6 heteroatoms. The maximum Gasteiger partial charge on any atom is 0.264 e. The zero-order valence-electron chi connectivity index (χ0n) is 14.5. The highest BCUT2D eigenvalue weighted by molar-refractivity contribution is 7.14. The lowest BCUT2D eigenvalue weighted by atomic mass is 10.1. The number of thiazole rings is 1. The fourth-order valence-corrected chi connectivity index (χ4v) is 3.05. The van der Waals surface area contributed by atoms with Crippen molar-refractivity contribution < 1.29 is 14.3 Å². The Morgan fingerprint density at radius 2 is 1.92 bits per heavy atom. The van der Waals surface area contributed by atoms with Gasteiger partial charge in [0.1, 0.15) is 12.0 Å². The van der Waals surface area contributed by atoms with Crippen molar-refractivity contribution in [2.75, 3.05) is 11.9 Å². The fourth-order valence-electron chi connectivity index (χ4n) is 2.31. The van der Waals surface area contributed by atoms with Crippen LogP contribution in [0.15, 0.2) is 47.8 Å². The molecule has 0 spiro atoms. The topological polar surface area (TPSA) is 68.3 Å². The summed E-state index contributed by atoms with van der Waals surface area (Å²) in [6, 6.07) is 12.7. The number of aldehydes is 1. The lowest BCUT2D eigenvalue weighted by Crippen LogP contribution is -2.20. The van der Waals surface area contributed by atoms with Gasteiger partial charge < -0.3 is 4.74 Å². The van der Waals surface area contributed by atoms with Crippen LogP contribution in [0.2, 0.25) is 0 Å². The number of aryl methyl sites for hydroxylation is 2. The molecule has 5 nitrogen and oxygen atoms in total. The van der Waals surface area contributed by atoms with E-state index in [2.05, 4.69) is 36.3 Å². The molecule has 1 amide bonds. The molecule has 0 unspecified atom stereocenters. The molecule has 1 aromatic heterocycles. The second-order valence-corrected chi connectivity index (χ2v) is 6.72. The van der Waals surface area contributed by atoms with Gasteiger partial charge in [0.05, 0.1) is 5.69 Å². The number of carbonyl (C=O) groups is 2. The summed E-state index contributed by atoms with van der Waals surface area (Å²) in [5.74, 6) is 0.242. The van der Waals surface area contributed by atoms with Crippen LogP contribution in [0.4, 0.5) is 5.13 Å². The number of benzene rings is 2. The Balaban J connectivity index is 1.58. The van der Waals surface area contributed by atoms with Gasteiger partial charge in [0.2, 0.25) is 0 Å². The maximum absolute atomic E-state index is 12.0. The van der Waals surface area contributed by atoms with Crippen molar-refractivity contribution in [3.05, 3.63) is 64.5 Å². The minimum absolute atomic E-state index is 0.126. The van der Waals surface area contributed by atoms with Gasteiger partial charge in [-0.3, -0.25) is 14.9 Å². The molecule has 0 saturated heterocycles. The van der Waals surface area contributed by atoms with Crippen LogP contribution >= 0.6 is 11.3 Å². The second kappa shape index (κ2) is 7.93. The van der Waals surface area contributed by atoms with Gasteiger partial charge in [0.15, 0.2) is 11.7 Å². The monoisotopic (exact) mass is 366 g/mol. The molecular weight excluding hydrogens is 348 g/mol. The summed E-state index contributed by atoms with van der Waals surface area (Å²) in [6.45, 7) is 4.00. The summed E-state index contributed by atoms with van der Waals surface area (Å²) in [6.07, 6.45) is 0.756. The van der Waals surface area contributed by atoms with Gasteiger partial charge in [-0.1, -0.05) is 12.1 Å². The Morgan fingerprint density at radius 3 is 2.62 bits per heavy atom. The highest BCUT2D eigenvalue weighted by Crippen LogP contribution is 2.26. The summed E-state index contributed by atoms with van der Waals surface area (Å²) in [5.41, 5.74) is 4.85. The molecule has 1 N–H and O–H groups in total. The molecule has 26 heavy (non-hydrogen) atoms. The Labute approximate surface area is 155 Å². The van der Waals surface area contributed by atoms with E-state index in [4.69, 9.17) is 4.74 Å². The Morgan fingerprint density at radius 1 is 1.15 bits per heavy atom. The molecule has 0 aliphatic heterocycles. The Hall–Kier alpha value is -2.99. The first-order valence-electron chi connectivity index (χ1n) is 8.06. The van der Waals surface area contributed by atoms with Crippen LogP contribution in [0.25, 0.3) is 11.3 Å². The summed E-state index contributed by atoms with van der Waals surface area (Å²) in [5, 5.41) is 5.18. The molecule has 2 aromatic carbocycles. The van der Waals surface area contributed by atoms with Crippen LogP contribution in [0.3, 0.4) is 0 Å². The molecule has 0 aliphatic carbocycles. The number of ether oxygens (including phenoxy) is 1. The maximum atomic E-state index is 12.0. The van der Waals surface area contributed by atoms with Gasteiger partial charge >= 0.3 is 0 Å². The van der Waals surface area contributed by atoms with Crippen LogP contribution in [-0.2, 0) is 4.79 Å². The first-order valence-corrected chi connectivity index (χ1v) is 8.94. The highest BCUT2D eigenvalue weighted by atomic mass is 32.1. The molecule has 132 valence electrons. The number of aromatic nitrogens is 1. The van der Waals surface area contributed by atoms with Crippen LogP contribution in [-0.4, -0.2) is 23.8 Å². The van der Waals surface area contributed by atoms with Crippen molar-refractivity contribution in [1.82, 2.24) is 4.98 Å². The van der Waals surface area contributed by atoms with Gasteiger partial charge in [0.25, 0.3) is 5.91 Å². The van der Waals surface area contributed by atoms with E-state index in [0.29, 0.717) is 16.4 Å². The van der Waals surface area contributed by atoms with Crippen molar-refractivity contribution in [1.29, 1.82) is 0 Å². The average Bonchev–Trinajstić information content (AvgIpc) is 3.11. The molecule has 3 aromatic rings. The molecule has 0 aliphatic rings. The van der Waals surface area contributed by atoms with Crippen LogP contribution in [0, 0.1) is 13.8 Å². The van der Waals surface area contributed by atoms with E-state index in [1.807, 2.05) is 11.4 Å². The zero-order chi connectivity index (χ0) is 18.5. The van der Waals surface area contributed by atoms with E-state index in [-0.39, 0.29) is 12.5 Å². The quantitative estimate of drug-likeness (QED) is 0.662. The van der Waals surface area contributed by atoms with E-state index in [9.17, 15) is 9.59 Å². The third-order valence-corrected chi connectivity index (χ3v) is 4.70. The predicted octanol–water partition coefficient (Wildman–Crippen LogP) is 4.26. The Bertz CT molecular complexity index is 932. The number of hydrogen-bond donors (Lipinski definition) is 1. The van der Waals surface area contributed by atoms with Crippen LogP contribution < -0.4 is 10.1 Å². The largest absolute Gasteiger partial charge is 0.484 e. The van der Waals surface area contributed by atoms with E-state index in [0.717, 1.165) is 17.5 Å². The normalized spacial score (nSPS) is 10.4. The third-order valence-electron chi connectivity index (χ3n) is 3.94. The molecule has 3 rings (SSSR count). The summed E-state index contributed by atoms with van der Waals surface area (Å²) in [7, 11) is 0. The first kappa shape index (κ1) is 17.8. The van der Waals surface area contributed by atoms with Gasteiger partial charge in [0, 0.05) is 16.5 Å². The van der Waals surface area contributed by atoms with Crippen molar-refractivity contribution >= 4 is 28.7 Å².